The standard InChI is InChI=1S/C21H23N3O/c1-25-21-11-5-3-7-18(21)9-6-12-23-13-15-24(16-14-23)20-10-4-2-8-19(20)17-22/h2-11H,12-16H2,1H3. The van der Waals surface area contributed by atoms with Gasteiger partial charge in [-0.2, -0.15) is 5.26 Å². The highest BCUT2D eigenvalue weighted by atomic mass is 16.5. The van der Waals surface area contributed by atoms with Crippen molar-refractivity contribution in [1.29, 1.82) is 5.26 Å². The van der Waals surface area contributed by atoms with Crippen LogP contribution < -0.4 is 9.64 Å². The van der Waals surface area contributed by atoms with Gasteiger partial charge in [0.2, 0.25) is 0 Å². The molecule has 128 valence electrons. The third-order valence-corrected chi connectivity index (χ3v) is 4.54. The lowest BCUT2D eigenvalue weighted by atomic mass is 10.1. The van der Waals surface area contributed by atoms with Gasteiger partial charge >= 0.3 is 0 Å². The van der Waals surface area contributed by atoms with Gasteiger partial charge in [-0.3, -0.25) is 4.90 Å². The molecule has 1 saturated heterocycles. The second kappa shape index (κ2) is 8.36. The maximum atomic E-state index is 9.26. The van der Waals surface area contributed by atoms with E-state index in [1.54, 1.807) is 7.11 Å². The highest BCUT2D eigenvalue weighted by Gasteiger charge is 2.18. The summed E-state index contributed by atoms with van der Waals surface area (Å²) in [6.07, 6.45) is 4.31. The zero-order chi connectivity index (χ0) is 17.5. The molecule has 0 unspecified atom stereocenters. The van der Waals surface area contributed by atoms with Crippen molar-refractivity contribution < 1.29 is 4.74 Å². The summed E-state index contributed by atoms with van der Waals surface area (Å²) in [5.74, 6) is 0.900. The van der Waals surface area contributed by atoms with Crippen molar-refractivity contribution >= 4 is 11.8 Å². The molecule has 0 N–H and O–H groups in total. The van der Waals surface area contributed by atoms with E-state index >= 15 is 0 Å². The summed E-state index contributed by atoms with van der Waals surface area (Å²) >= 11 is 0. The maximum Gasteiger partial charge on any atom is 0.126 e. The van der Waals surface area contributed by atoms with E-state index in [9.17, 15) is 5.26 Å². The number of methoxy groups -OCH3 is 1. The molecule has 0 amide bonds. The molecular formula is C21H23N3O. The molecule has 0 atom stereocenters. The summed E-state index contributed by atoms with van der Waals surface area (Å²) in [5, 5.41) is 9.26. The Morgan fingerprint density at radius 3 is 2.52 bits per heavy atom. The van der Waals surface area contributed by atoms with Gasteiger partial charge in [0.15, 0.2) is 0 Å². The number of piperazine rings is 1. The zero-order valence-electron chi connectivity index (χ0n) is 14.6. The van der Waals surface area contributed by atoms with Gasteiger partial charge in [0.05, 0.1) is 18.4 Å². The van der Waals surface area contributed by atoms with Gasteiger partial charge < -0.3 is 9.64 Å². The van der Waals surface area contributed by atoms with Crippen molar-refractivity contribution in [3.8, 4) is 11.8 Å². The fourth-order valence-electron chi connectivity index (χ4n) is 3.15. The van der Waals surface area contributed by atoms with Crippen LogP contribution in [0.3, 0.4) is 0 Å². The topological polar surface area (TPSA) is 39.5 Å². The lowest BCUT2D eigenvalue weighted by Crippen LogP contribution is -2.46. The predicted octanol–water partition coefficient (Wildman–Crippen LogP) is 3.40. The average molecular weight is 333 g/mol. The van der Waals surface area contributed by atoms with E-state index in [1.165, 1.54) is 0 Å². The monoisotopic (exact) mass is 333 g/mol. The molecule has 0 saturated carbocycles. The quantitative estimate of drug-likeness (QED) is 0.841. The average Bonchev–Trinajstić information content (AvgIpc) is 2.69. The second-order valence-corrected chi connectivity index (χ2v) is 6.06. The number of benzene rings is 2. The minimum Gasteiger partial charge on any atom is -0.496 e. The van der Waals surface area contributed by atoms with Crippen molar-refractivity contribution in [2.45, 2.75) is 0 Å². The number of anilines is 1. The summed E-state index contributed by atoms with van der Waals surface area (Å²) in [5.41, 5.74) is 2.91. The van der Waals surface area contributed by atoms with Crippen LogP contribution in [0.5, 0.6) is 5.75 Å². The number of nitrogens with zero attached hydrogens (tertiary/aromatic N) is 3. The summed E-state index contributed by atoms with van der Waals surface area (Å²) < 4.78 is 5.37. The van der Waals surface area contributed by atoms with E-state index in [-0.39, 0.29) is 0 Å². The van der Waals surface area contributed by atoms with Gasteiger partial charge in [0, 0.05) is 38.3 Å². The van der Waals surface area contributed by atoms with Crippen LogP contribution in [0.1, 0.15) is 11.1 Å². The van der Waals surface area contributed by atoms with E-state index in [0.29, 0.717) is 0 Å². The highest BCUT2D eigenvalue weighted by molar-refractivity contribution is 5.59. The molecule has 0 aromatic heterocycles. The molecule has 0 aliphatic carbocycles. The molecule has 0 spiro atoms. The van der Waals surface area contributed by atoms with Crippen molar-refractivity contribution in [2.24, 2.45) is 0 Å². The Hall–Kier alpha value is -2.77. The van der Waals surface area contributed by atoms with Crippen LogP contribution in [0.2, 0.25) is 0 Å². The molecule has 0 radical (unpaired) electrons. The van der Waals surface area contributed by atoms with Gasteiger partial charge in [-0.15, -0.1) is 0 Å². The fraction of sp³-hybridized carbons (Fsp3) is 0.286. The van der Waals surface area contributed by atoms with Gasteiger partial charge in [0.1, 0.15) is 11.8 Å². The first kappa shape index (κ1) is 17.1. The second-order valence-electron chi connectivity index (χ2n) is 6.06. The summed E-state index contributed by atoms with van der Waals surface area (Å²) in [4.78, 5) is 4.73. The molecule has 1 fully saturated rings. The fourth-order valence-corrected chi connectivity index (χ4v) is 3.15. The molecule has 2 aromatic carbocycles. The summed E-state index contributed by atoms with van der Waals surface area (Å²) in [6, 6.07) is 18.2. The molecule has 4 nitrogen and oxygen atoms in total. The zero-order valence-corrected chi connectivity index (χ0v) is 14.6. The van der Waals surface area contributed by atoms with E-state index in [4.69, 9.17) is 4.74 Å². The number of hydrogen-bond acceptors (Lipinski definition) is 4. The van der Waals surface area contributed by atoms with Crippen LogP contribution in [-0.4, -0.2) is 44.7 Å². The maximum absolute atomic E-state index is 9.26. The van der Waals surface area contributed by atoms with Crippen molar-refractivity contribution in [3.63, 3.8) is 0 Å². The number of nitriles is 1. The minimum atomic E-state index is 0.756. The lowest BCUT2D eigenvalue weighted by Gasteiger charge is -2.36. The number of ether oxygens (including phenoxy) is 1. The van der Waals surface area contributed by atoms with Crippen LogP contribution in [-0.2, 0) is 0 Å². The molecule has 1 aliphatic rings. The third kappa shape index (κ3) is 4.20. The minimum absolute atomic E-state index is 0.756. The summed E-state index contributed by atoms with van der Waals surface area (Å²) in [7, 11) is 1.70. The van der Waals surface area contributed by atoms with Crippen molar-refractivity contribution in [2.75, 3.05) is 44.7 Å². The largest absolute Gasteiger partial charge is 0.496 e. The van der Waals surface area contributed by atoms with E-state index < -0.39 is 0 Å². The van der Waals surface area contributed by atoms with Crippen molar-refractivity contribution in [1.82, 2.24) is 4.90 Å². The van der Waals surface area contributed by atoms with Crippen molar-refractivity contribution in [3.05, 3.63) is 65.7 Å². The normalized spacial score (nSPS) is 15.3. The Balaban J connectivity index is 1.55. The Bertz CT molecular complexity index is 771. The van der Waals surface area contributed by atoms with E-state index in [1.807, 2.05) is 42.5 Å². The Morgan fingerprint density at radius 1 is 1.04 bits per heavy atom. The molecule has 25 heavy (non-hydrogen) atoms. The first-order chi connectivity index (χ1) is 12.3. The Kier molecular flexibility index (Phi) is 5.71. The lowest BCUT2D eigenvalue weighted by molar-refractivity contribution is 0.284. The molecule has 1 aliphatic heterocycles. The van der Waals surface area contributed by atoms with Crippen LogP contribution in [0.15, 0.2) is 54.6 Å². The molecule has 3 rings (SSSR count). The molecule has 2 aromatic rings. The van der Waals surface area contributed by atoms with Gasteiger partial charge in [-0.05, 0) is 18.2 Å². The van der Waals surface area contributed by atoms with Crippen LogP contribution in [0, 0.1) is 11.3 Å². The Labute approximate surface area is 149 Å². The first-order valence-corrected chi connectivity index (χ1v) is 8.58. The van der Waals surface area contributed by atoms with Crippen LogP contribution in [0.4, 0.5) is 5.69 Å². The molecule has 1 heterocycles. The third-order valence-electron chi connectivity index (χ3n) is 4.54. The Morgan fingerprint density at radius 2 is 1.76 bits per heavy atom. The van der Waals surface area contributed by atoms with Gasteiger partial charge in [-0.25, -0.2) is 0 Å². The first-order valence-electron chi connectivity index (χ1n) is 8.58. The summed E-state index contributed by atoms with van der Waals surface area (Å²) in [6.45, 7) is 4.81. The predicted molar refractivity (Wildman–Crippen MR) is 102 cm³/mol. The van der Waals surface area contributed by atoms with Gasteiger partial charge in [0.25, 0.3) is 0 Å². The van der Waals surface area contributed by atoms with Gasteiger partial charge in [-0.1, -0.05) is 42.5 Å². The number of rotatable bonds is 5. The molecule has 4 heteroatoms. The number of hydrogen-bond donors (Lipinski definition) is 0. The molecule has 0 bridgehead atoms. The smallest absolute Gasteiger partial charge is 0.126 e. The SMILES string of the molecule is COc1ccccc1C=CCN1CCN(c2ccccc2C#N)CC1. The number of para-hydroxylation sites is 2. The molecular weight excluding hydrogens is 310 g/mol. The van der Waals surface area contributed by atoms with Crippen LogP contribution >= 0.6 is 0 Å². The van der Waals surface area contributed by atoms with E-state index in [2.05, 4.69) is 34.1 Å². The van der Waals surface area contributed by atoms with Crippen LogP contribution in [0.25, 0.3) is 6.08 Å². The highest BCUT2D eigenvalue weighted by Crippen LogP contribution is 2.21. The van der Waals surface area contributed by atoms with E-state index in [0.717, 1.165) is 55.3 Å².